The highest BCUT2D eigenvalue weighted by molar-refractivity contribution is 4.93. The third kappa shape index (κ3) is 3.43. The number of piperidine rings is 1. The summed E-state index contributed by atoms with van der Waals surface area (Å²) in [6.07, 6.45) is 7.76. The fourth-order valence-electron chi connectivity index (χ4n) is 3.54. The normalized spacial score (nSPS) is 26.8. The lowest BCUT2D eigenvalue weighted by atomic mass is 9.96. The summed E-state index contributed by atoms with van der Waals surface area (Å²) in [5.41, 5.74) is 6.59. The fourth-order valence-corrected chi connectivity index (χ4v) is 3.54. The van der Waals surface area contributed by atoms with Gasteiger partial charge in [0.15, 0.2) is 0 Å². The molecule has 0 unspecified atom stereocenters. The van der Waals surface area contributed by atoms with Crippen LogP contribution in [0.1, 0.15) is 45.4 Å². The minimum Gasteiger partial charge on any atom is -0.324 e. The molecule has 100 valence electrons. The smallest absolute Gasteiger partial charge is 0.0283 e. The largest absolute Gasteiger partial charge is 0.324 e. The van der Waals surface area contributed by atoms with Crippen molar-refractivity contribution in [2.24, 2.45) is 5.73 Å². The molecule has 0 aromatic carbocycles. The van der Waals surface area contributed by atoms with Crippen LogP contribution >= 0.6 is 0 Å². The lowest BCUT2D eigenvalue weighted by molar-refractivity contribution is 0.112. The first-order valence-electron chi connectivity index (χ1n) is 7.34. The van der Waals surface area contributed by atoms with Gasteiger partial charge in [-0.25, -0.2) is 0 Å². The summed E-state index contributed by atoms with van der Waals surface area (Å²) in [4.78, 5) is 5.09. The van der Waals surface area contributed by atoms with Crippen LogP contribution in [0.3, 0.4) is 0 Å². The molecule has 0 spiro atoms. The van der Waals surface area contributed by atoms with Gasteiger partial charge in [0.25, 0.3) is 0 Å². The van der Waals surface area contributed by atoms with Gasteiger partial charge in [0.05, 0.1) is 0 Å². The second kappa shape index (κ2) is 5.68. The summed E-state index contributed by atoms with van der Waals surface area (Å²) in [7, 11) is 2.28. The predicted octanol–water partition coefficient (Wildman–Crippen LogP) is 1.67. The van der Waals surface area contributed by atoms with Gasteiger partial charge >= 0.3 is 0 Å². The minimum absolute atomic E-state index is 0.122. The molecular formula is C14H29N3. The predicted molar refractivity (Wildman–Crippen MR) is 73.2 cm³/mol. The number of nitrogens with zero attached hydrogens (tertiary/aromatic N) is 2. The monoisotopic (exact) mass is 239 g/mol. The Morgan fingerprint density at radius 2 is 1.82 bits per heavy atom. The molecule has 0 aromatic heterocycles. The van der Waals surface area contributed by atoms with Crippen molar-refractivity contribution < 1.29 is 0 Å². The Labute approximate surface area is 106 Å². The molecule has 17 heavy (non-hydrogen) atoms. The molecule has 0 atom stereocenters. The van der Waals surface area contributed by atoms with E-state index >= 15 is 0 Å². The van der Waals surface area contributed by atoms with Crippen LogP contribution in [-0.4, -0.2) is 54.6 Å². The first kappa shape index (κ1) is 13.3. The van der Waals surface area contributed by atoms with Gasteiger partial charge in [0.1, 0.15) is 0 Å². The van der Waals surface area contributed by atoms with E-state index in [1.165, 1.54) is 58.2 Å². The molecule has 1 saturated carbocycles. The van der Waals surface area contributed by atoms with Gasteiger partial charge in [-0.05, 0) is 52.4 Å². The number of hydrogen-bond donors (Lipinski definition) is 1. The van der Waals surface area contributed by atoms with Crippen LogP contribution in [0.15, 0.2) is 0 Å². The molecule has 1 heterocycles. The molecule has 2 N–H and O–H groups in total. The van der Waals surface area contributed by atoms with Crippen molar-refractivity contribution in [1.29, 1.82) is 0 Å². The molecule has 0 amide bonds. The number of hydrogen-bond acceptors (Lipinski definition) is 3. The van der Waals surface area contributed by atoms with E-state index in [-0.39, 0.29) is 5.54 Å². The van der Waals surface area contributed by atoms with E-state index in [2.05, 4.69) is 23.8 Å². The van der Waals surface area contributed by atoms with E-state index in [0.29, 0.717) is 0 Å². The minimum atomic E-state index is 0.122. The SMILES string of the molecule is CCN1CCC(N(C)CC2(N)CCCC2)CC1. The van der Waals surface area contributed by atoms with Crippen LogP contribution in [-0.2, 0) is 0 Å². The lowest BCUT2D eigenvalue weighted by Gasteiger charge is -2.39. The Morgan fingerprint density at radius 3 is 2.35 bits per heavy atom. The van der Waals surface area contributed by atoms with Crippen molar-refractivity contribution in [3.05, 3.63) is 0 Å². The molecule has 2 fully saturated rings. The van der Waals surface area contributed by atoms with E-state index in [1.54, 1.807) is 0 Å². The van der Waals surface area contributed by atoms with Gasteiger partial charge in [-0.2, -0.15) is 0 Å². The van der Waals surface area contributed by atoms with Crippen molar-refractivity contribution >= 4 is 0 Å². The summed E-state index contributed by atoms with van der Waals surface area (Å²) in [6, 6.07) is 0.763. The quantitative estimate of drug-likeness (QED) is 0.810. The maximum Gasteiger partial charge on any atom is 0.0283 e. The van der Waals surface area contributed by atoms with Gasteiger partial charge in [-0.1, -0.05) is 19.8 Å². The molecule has 0 aromatic rings. The van der Waals surface area contributed by atoms with E-state index in [0.717, 1.165) is 12.6 Å². The second-order valence-corrected chi connectivity index (χ2v) is 6.15. The van der Waals surface area contributed by atoms with Crippen LogP contribution in [0, 0.1) is 0 Å². The maximum absolute atomic E-state index is 6.47. The Kier molecular flexibility index (Phi) is 4.45. The van der Waals surface area contributed by atoms with Crippen LogP contribution in [0.5, 0.6) is 0 Å². The average Bonchev–Trinajstić information content (AvgIpc) is 2.76. The molecule has 0 radical (unpaired) electrons. The average molecular weight is 239 g/mol. The van der Waals surface area contributed by atoms with E-state index in [4.69, 9.17) is 5.73 Å². The van der Waals surface area contributed by atoms with Crippen LogP contribution in [0.4, 0.5) is 0 Å². The number of nitrogens with two attached hydrogens (primary N) is 1. The van der Waals surface area contributed by atoms with Crippen molar-refractivity contribution in [1.82, 2.24) is 9.80 Å². The highest BCUT2D eigenvalue weighted by Crippen LogP contribution is 2.29. The topological polar surface area (TPSA) is 32.5 Å². The molecule has 3 heteroatoms. The Balaban J connectivity index is 1.78. The molecule has 0 bridgehead atoms. The van der Waals surface area contributed by atoms with Crippen LogP contribution < -0.4 is 5.73 Å². The molecule has 1 saturated heterocycles. The molecule has 1 aliphatic carbocycles. The summed E-state index contributed by atoms with van der Waals surface area (Å²) >= 11 is 0. The van der Waals surface area contributed by atoms with Crippen molar-refractivity contribution in [2.75, 3.05) is 33.2 Å². The standard InChI is InChI=1S/C14H29N3/c1-3-17-10-6-13(7-11-17)16(2)12-14(15)8-4-5-9-14/h13H,3-12,15H2,1-2H3. The summed E-state index contributed by atoms with van der Waals surface area (Å²) < 4.78 is 0. The first-order chi connectivity index (χ1) is 8.13. The van der Waals surface area contributed by atoms with E-state index < -0.39 is 0 Å². The molecule has 2 aliphatic rings. The highest BCUT2D eigenvalue weighted by atomic mass is 15.2. The van der Waals surface area contributed by atoms with E-state index in [9.17, 15) is 0 Å². The van der Waals surface area contributed by atoms with Gasteiger partial charge in [-0.3, -0.25) is 0 Å². The van der Waals surface area contributed by atoms with Gasteiger partial charge in [-0.15, -0.1) is 0 Å². The van der Waals surface area contributed by atoms with Gasteiger partial charge in [0.2, 0.25) is 0 Å². The third-order valence-electron chi connectivity index (χ3n) is 4.79. The number of likely N-dealkylation sites (tertiary alicyclic amines) is 1. The van der Waals surface area contributed by atoms with Crippen LogP contribution in [0.2, 0.25) is 0 Å². The number of likely N-dealkylation sites (N-methyl/N-ethyl adjacent to an activating group) is 1. The van der Waals surface area contributed by atoms with Gasteiger partial charge in [0, 0.05) is 18.1 Å². The summed E-state index contributed by atoms with van der Waals surface area (Å²) in [5, 5.41) is 0. The Bertz CT molecular complexity index is 228. The summed E-state index contributed by atoms with van der Waals surface area (Å²) in [6.45, 7) is 7.10. The van der Waals surface area contributed by atoms with Crippen LogP contribution in [0.25, 0.3) is 0 Å². The zero-order valence-corrected chi connectivity index (χ0v) is 11.6. The summed E-state index contributed by atoms with van der Waals surface area (Å²) in [5.74, 6) is 0. The van der Waals surface area contributed by atoms with Crippen molar-refractivity contribution in [3.63, 3.8) is 0 Å². The molecule has 1 aliphatic heterocycles. The fraction of sp³-hybridized carbons (Fsp3) is 1.00. The van der Waals surface area contributed by atoms with Crippen molar-refractivity contribution in [2.45, 2.75) is 57.0 Å². The Hall–Kier alpha value is -0.120. The number of rotatable bonds is 4. The maximum atomic E-state index is 6.47. The van der Waals surface area contributed by atoms with Crippen molar-refractivity contribution in [3.8, 4) is 0 Å². The highest BCUT2D eigenvalue weighted by Gasteiger charge is 2.32. The van der Waals surface area contributed by atoms with E-state index in [1.807, 2.05) is 0 Å². The molecular weight excluding hydrogens is 210 g/mol. The Morgan fingerprint density at radius 1 is 1.24 bits per heavy atom. The lowest BCUT2D eigenvalue weighted by Crippen LogP contribution is -2.52. The zero-order valence-electron chi connectivity index (χ0n) is 11.6. The zero-order chi connectivity index (χ0) is 12.3. The molecule has 2 rings (SSSR count). The second-order valence-electron chi connectivity index (χ2n) is 6.15. The molecule has 3 nitrogen and oxygen atoms in total. The third-order valence-corrected chi connectivity index (χ3v) is 4.79. The first-order valence-corrected chi connectivity index (χ1v) is 7.34. The van der Waals surface area contributed by atoms with Gasteiger partial charge < -0.3 is 15.5 Å².